The Bertz CT molecular complexity index is 1150. The molecular weight excluding hydrogens is 731 g/mol. The fraction of sp³-hybridized carbons (Fsp3) is 0.829. The third kappa shape index (κ3) is 25.3. The highest BCUT2D eigenvalue weighted by Gasteiger charge is 2.48. The highest BCUT2D eigenvalue weighted by Crippen LogP contribution is 2.26. The Morgan fingerprint density at radius 3 is 1.80 bits per heavy atom. The molecular formula is C41H75NO12S. The summed E-state index contributed by atoms with van der Waals surface area (Å²) in [4.78, 5) is 13.0. The zero-order valence-corrected chi connectivity index (χ0v) is 34.4. The maximum absolute atomic E-state index is 13.0. The van der Waals surface area contributed by atoms with E-state index < -0.39 is 78.5 Å². The van der Waals surface area contributed by atoms with Crippen LogP contribution in [0.15, 0.2) is 36.5 Å². The second-order valence-electron chi connectivity index (χ2n) is 14.7. The molecule has 0 saturated carbocycles. The largest absolute Gasteiger partial charge is 0.397 e. The Balaban J connectivity index is 2.56. The van der Waals surface area contributed by atoms with E-state index in [0.717, 1.165) is 70.6 Å². The average molecular weight is 806 g/mol. The summed E-state index contributed by atoms with van der Waals surface area (Å²) in [7, 11) is -5.12. The molecule has 1 aliphatic heterocycles. The van der Waals surface area contributed by atoms with Crippen molar-refractivity contribution in [1.29, 1.82) is 0 Å². The molecule has 0 aliphatic carbocycles. The Morgan fingerprint density at radius 2 is 1.24 bits per heavy atom. The second-order valence-corrected chi connectivity index (χ2v) is 15.8. The third-order valence-corrected chi connectivity index (χ3v) is 10.2. The van der Waals surface area contributed by atoms with Crippen LogP contribution in [-0.2, 0) is 28.9 Å². The van der Waals surface area contributed by atoms with Gasteiger partial charge in [-0.2, -0.15) is 8.42 Å². The number of aliphatic hydroxyl groups excluding tert-OH is 5. The number of hydrogen-bond donors (Lipinski definition) is 7. The molecule has 1 amide bonds. The number of rotatable bonds is 34. The van der Waals surface area contributed by atoms with Crippen molar-refractivity contribution in [3.05, 3.63) is 36.5 Å². The molecule has 0 spiro atoms. The van der Waals surface area contributed by atoms with E-state index in [1.54, 1.807) is 6.08 Å². The molecule has 1 saturated heterocycles. The van der Waals surface area contributed by atoms with E-state index in [2.05, 4.69) is 47.7 Å². The highest BCUT2D eigenvalue weighted by atomic mass is 32.3. The first-order valence-corrected chi connectivity index (χ1v) is 22.3. The van der Waals surface area contributed by atoms with Crippen LogP contribution >= 0.6 is 0 Å². The van der Waals surface area contributed by atoms with Crippen molar-refractivity contribution in [1.82, 2.24) is 5.32 Å². The van der Waals surface area contributed by atoms with Gasteiger partial charge < -0.3 is 40.3 Å². The normalized spacial score (nSPS) is 22.5. The van der Waals surface area contributed by atoms with Crippen LogP contribution in [-0.4, -0.2) is 107 Å². The van der Waals surface area contributed by atoms with Crippen LogP contribution in [0.4, 0.5) is 0 Å². The van der Waals surface area contributed by atoms with Gasteiger partial charge in [0.2, 0.25) is 5.91 Å². The van der Waals surface area contributed by atoms with E-state index in [0.29, 0.717) is 12.8 Å². The summed E-state index contributed by atoms with van der Waals surface area (Å²) >= 11 is 0. The van der Waals surface area contributed by atoms with Crippen molar-refractivity contribution < 1.29 is 57.0 Å². The van der Waals surface area contributed by atoms with E-state index in [9.17, 15) is 38.7 Å². The molecule has 0 aromatic rings. The van der Waals surface area contributed by atoms with Crippen molar-refractivity contribution in [3.63, 3.8) is 0 Å². The van der Waals surface area contributed by atoms with Crippen LogP contribution in [0.3, 0.4) is 0 Å². The first-order valence-electron chi connectivity index (χ1n) is 21.0. The molecule has 0 radical (unpaired) electrons. The maximum Gasteiger partial charge on any atom is 0.397 e. The number of amides is 1. The lowest BCUT2D eigenvalue weighted by atomic mass is 9.99. The zero-order chi connectivity index (χ0) is 40.7. The molecule has 1 heterocycles. The topological polar surface area (TPSA) is 212 Å². The molecule has 14 heteroatoms. The second kappa shape index (κ2) is 32.3. The van der Waals surface area contributed by atoms with Gasteiger partial charge in [0.1, 0.15) is 30.5 Å². The van der Waals surface area contributed by atoms with Gasteiger partial charge in [-0.15, -0.1) is 0 Å². The maximum atomic E-state index is 13.0. The zero-order valence-electron chi connectivity index (χ0n) is 33.6. The minimum atomic E-state index is -5.12. The van der Waals surface area contributed by atoms with Gasteiger partial charge in [-0.3, -0.25) is 9.35 Å². The monoisotopic (exact) mass is 806 g/mol. The number of nitrogens with one attached hydrogen (secondary N) is 1. The number of unbranched alkanes of at least 4 members (excludes halogenated alkanes) is 17. The lowest BCUT2D eigenvalue weighted by Crippen LogP contribution is -2.61. The molecule has 0 aromatic carbocycles. The third-order valence-electron chi connectivity index (χ3n) is 9.75. The number of ether oxygens (including phenoxy) is 2. The molecule has 7 N–H and O–H groups in total. The van der Waals surface area contributed by atoms with Crippen LogP contribution < -0.4 is 5.32 Å². The smallest absolute Gasteiger partial charge is 0.394 e. The fourth-order valence-corrected chi connectivity index (χ4v) is 6.85. The Labute approximate surface area is 331 Å². The molecule has 1 fully saturated rings. The summed E-state index contributed by atoms with van der Waals surface area (Å²) in [6.07, 6.45) is 24.1. The minimum Gasteiger partial charge on any atom is -0.394 e. The fourth-order valence-electron chi connectivity index (χ4n) is 6.34. The van der Waals surface area contributed by atoms with Gasteiger partial charge in [0.25, 0.3) is 0 Å². The van der Waals surface area contributed by atoms with Crippen molar-refractivity contribution in [2.75, 3.05) is 13.2 Å². The molecule has 322 valence electrons. The van der Waals surface area contributed by atoms with Crippen LogP contribution in [0.1, 0.15) is 155 Å². The summed E-state index contributed by atoms with van der Waals surface area (Å²) in [6, 6.07) is -1.14. The van der Waals surface area contributed by atoms with Gasteiger partial charge in [-0.25, -0.2) is 4.18 Å². The standard InChI is InChI=1S/C41H75NO12S/c1-3-5-7-9-11-13-14-15-16-17-18-19-20-21-22-24-26-28-30-35(45)40(48)42-33(34(44)29-27-25-23-12-10-8-6-4-2)32-52-41-38(47)39(54-55(49,50)51)37(46)36(31-43)53-41/h10,12,17-18,27,29,33-39,41,43-47H,3-9,11,13-16,19-26,28,30-32H2,1-2H3,(H,42,48)(H,49,50,51)/b12-10+,18-17-,29-27+. The van der Waals surface area contributed by atoms with Crippen molar-refractivity contribution in [3.8, 4) is 0 Å². The average Bonchev–Trinajstić information content (AvgIpc) is 3.15. The van der Waals surface area contributed by atoms with Gasteiger partial charge >= 0.3 is 10.4 Å². The van der Waals surface area contributed by atoms with Crippen LogP contribution in [0, 0.1) is 0 Å². The molecule has 13 nitrogen and oxygen atoms in total. The molecule has 1 rings (SSSR count). The Hall–Kier alpha value is -1.72. The van der Waals surface area contributed by atoms with Crippen molar-refractivity contribution in [2.45, 2.75) is 204 Å². The van der Waals surface area contributed by atoms with Crippen molar-refractivity contribution >= 4 is 16.3 Å². The number of carbonyl (C=O) groups excluding carboxylic acids is 1. The van der Waals surface area contributed by atoms with Crippen LogP contribution in [0.2, 0.25) is 0 Å². The quantitative estimate of drug-likeness (QED) is 0.0223. The van der Waals surface area contributed by atoms with E-state index in [-0.39, 0.29) is 6.42 Å². The van der Waals surface area contributed by atoms with Gasteiger partial charge in [0.05, 0.1) is 25.4 Å². The van der Waals surface area contributed by atoms with Crippen molar-refractivity contribution in [2.24, 2.45) is 0 Å². The minimum absolute atomic E-state index is 0.229. The van der Waals surface area contributed by atoms with Crippen LogP contribution in [0.5, 0.6) is 0 Å². The number of carbonyl (C=O) groups is 1. The molecule has 55 heavy (non-hydrogen) atoms. The number of allylic oxidation sites excluding steroid dienone is 5. The Kier molecular flexibility index (Phi) is 30.1. The lowest BCUT2D eigenvalue weighted by molar-refractivity contribution is -0.298. The van der Waals surface area contributed by atoms with Gasteiger partial charge in [0.15, 0.2) is 6.29 Å². The van der Waals surface area contributed by atoms with E-state index in [4.69, 9.17) is 14.0 Å². The summed E-state index contributed by atoms with van der Waals surface area (Å²) in [5.74, 6) is -0.722. The van der Waals surface area contributed by atoms with E-state index in [1.807, 2.05) is 0 Å². The predicted octanol–water partition coefficient (Wildman–Crippen LogP) is 6.13. The highest BCUT2D eigenvalue weighted by molar-refractivity contribution is 7.80. The van der Waals surface area contributed by atoms with Gasteiger partial charge in [-0.1, -0.05) is 140 Å². The molecule has 8 atom stereocenters. The van der Waals surface area contributed by atoms with E-state index >= 15 is 0 Å². The lowest BCUT2D eigenvalue weighted by Gasteiger charge is -2.41. The molecule has 1 aliphatic rings. The molecule has 8 unspecified atom stereocenters. The Morgan fingerprint density at radius 1 is 0.727 bits per heavy atom. The first-order chi connectivity index (χ1) is 26.4. The molecule has 0 aromatic heterocycles. The van der Waals surface area contributed by atoms with E-state index in [1.165, 1.54) is 57.4 Å². The number of aliphatic hydroxyl groups is 5. The summed E-state index contributed by atoms with van der Waals surface area (Å²) < 4.78 is 47.2. The molecule has 0 bridgehead atoms. The van der Waals surface area contributed by atoms with Gasteiger partial charge in [0, 0.05) is 0 Å². The van der Waals surface area contributed by atoms with Crippen LogP contribution in [0.25, 0.3) is 0 Å². The first kappa shape index (κ1) is 51.3. The van der Waals surface area contributed by atoms with Gasteiger partial charge in [-0.05, 0) is 51.4 Å². The predicted molar refractivity (Wildman–Crippen MR) is 214 cm³/mol. The number of hydrogen-bond acceptors (Lipinski definition) is 11. The summed E-state index contributed by atoms with van der Waals surface area (Å²) in [6.45, 7) is 3.08. The summed E-state index contributed by atoms with van der Waals surface area (Å²) in [5.41, 5.74) is 0. The summed E-state index contributed by atoms with van der Waals surface area (Å²) in [5, 5.41) is 54.8. The SMILES string of the molecule is CCCC/C=C/CC/C=C/C(O)C(COC1OC(CO)C(O)C(OS(=O)(=O)O)C1O)NC(=O)C(O)CCCCCCCC/C=C\CCCCCCCCCC.